The van der Waals surface area contributed by atoms with Crippen LogP contribution in [-0.4, -0.2) is 34.9 Å². The maximum atomic E-state index is 12.1. The van der Waals surface area contributed by atoms with Gasteiger partial charge in [0.15, 0.2) is 0 Å². The fourth-order valence-corrected chi connectivity index (χ4v) is 3.80. The van der Waals surface area contributed by atoms with Gasteiger partial charge in [-0.25, -0.2) is 0 Å². The highest BCUT2D eigenvalue weighted by molar-refractivity contribution is 7.85. The highest BCUT2D eigenvalue weighted by Crippen LogP contribution is 2.29. The van der Waals surface area contributed by atoms with Crippen LogP contribution in [0.4, 0.5) is 0 Å². The Morgan fingerprint density at radius 3 is 3.00 bits per heavy atom. The molecule has 5 heteroatoms. The van der Waals surface area contributed by atoms with Crippen LogP contribution in [0.1, 0.15) is 18.1 Å². The van der Waals surface area contributed by atoms with Crippen molar-refractivity contribution >= 4 is 16.8 Å². The number of esters is 1. The van der Waals surface area contributed by atoms with Gasteiger partial charge in [-0.05, 0) is 18.6 Å². The van der Waals surface area contributed by atoms with Gasteiger partial charge in [0.05, 0.1) is 18.8 Å². The molecule has 0 aromatic heterocycles. The molecule has 1 heterocycles. The van der Waals surface area contributed by atoms with Crippen molar-refractivity contribution in [2.24, 2.45) is 5.92 Å². The largest absolute Gasteiger partial charge is 0.489 e. The molecule has 3 unspecified atom stereocenters. The molecule has 0 saturated carbocycles. The van der Waals surface area contributed by atoms with Gasteiger partial charge in [0.1, 0.15) is 11.9 Å². The van der Waals surface area contributed by atoms with E-state index in [1.165, 1.54) is 18.2 Å². The zero-order chi connectivity index (χ0) is 14.7. The number of carbonyl (C=O) groups is 1. The lowest BCUT2D eigenvalue weighted by Gasteiger charge is -2.12. The zero-order valence-corrected chi connectivity index (χ0v) is 12.9. The zero-order valence-electron chi connectivity index (χ0n) is 12.0. The monoisotopic (exact) mass is 296 g/mol. The number of hydrogen-bond donors (Lipinski definition) is 0. The van der Waals surface area contributed by atoms with E-state index in [1.807, 2.05) is 19.1 Å². The van der Waals surface area contributed by atoms with Crippen molar-refractivity contribution in [2.45, 2.75) is 26.4 Å². The first-order valence-electron chi connectivity index (χ1n) is 6.68. The van der Waals surface area contributed by atoms with Crippen molar-refractivity contribution in [3.05, 3.63) is 29.3 Å². The number of hydrogen-bond acceptors (Lipinski definition) is 4. The fourth-order valence-electron chi connectivity index (χ4n) is 2.37. The lowest BCUT2D eigenvalue weighted by atomic mass is 10.1. The first kappa shape index (κ1) is 15.0. The van der Waals surface area contributed by atoms with Crippen LogP contribution in [0.15, 0.2) is 18.2 Å². The third kappa shape index (κ3) is 3.60. The summed E-state index contributed by atoms with van der Waals surface area (Å²) in [4.78, 5) is 11.3. The summed E-state index contributed by atoms with van der Waals surface area (Å²) < 4.78 is 22.5. The number of aryl methyl sites for hydroxylation is 1. The molecule has 20 heavy (non-hydrogen) atoms. The average Bonchev–Trinajstić information content (AvgIpc) is 2.78. The molecule has 0 N–H and O–H groups in total. The molecule has 4 nitrogen and oxygen atoms in total. The molecular formula is C15H20O4S. The van der Waals surface area contributed by atoms with Gasteiger partial charge < -0.3 is 9.47 Å². The summed E-state index contributed by atoms with van der Waals surface area (Å²) in [7, 11) is 0.266. The highest BCUT2D eigenvalue weighted by Gasteiger charge is 2.26. The minimum absolute atomic E-state index is 0.0579. The van der Waals surface area contributed by atoms with Crippen LogP contribution in [0.2, 0.25) is 0 Å². The van der Waals surface area contributed by atoms with Crippen LogP contribution in [-0.2, 0) is 26.8 Å². The second-order valence-electron chi connectivity index (χ2n) is 5.25. The minimum Gasteiger partial charge on any atom is -0.489 e. The lowest BCUT2D eigenvalue weighted by Crippen LogP contribution is -2.27. The molecule has 3 atom stereocenters. The molecule has 1 aliphatic heterocycles. The fraction of sp³-hybridized carbons (Fsp3) is 0.533. The van der Waals surface area contributed by atoms with Gasteiger partial charge in [-0.2, -0.15) is 0 Å². The quantitative estimate of drug-likeness (QED) is 0.778. The van der Waals surface area contributed by atoms with Crippen molar-refractivity contribution in [3.8, 4) is 5.75 Å². The van der Waals surface area contributed by atoms with Gasteiger partial charge in [0.25, 0.3) is 0 Å². The van der Waals surface area contributed by atoms with Crippen LogP contribution < -0.4 is 4.74 Å². The maximum absolute atomic E-state index is 12.1. The van der Waals surface area contributed by atoms with Gasteiger partial charge in [-0.3, -0.25) is 9.00 Å². The van der Waals surface area contributed by atoms with Crippen molar-refractivity contribution in [1.29, 1.82) is 0 Å². The van der Waals surface area contributed by atoms with Crippen molar-refractivity contribution in [3.63, 3.8) is 0 Å². The van der Waals surface area contributed by atoms with Crippen LogP contribution in [0, 0.1) is 12.8 Å². The third-order valence-corrected chi connectivity index (χ3v) is 4.98. The third-order valence-electron chi connectivity index (χ3n) is 3.37. The Labute approximate surface area is 121 Å². The summed E-state index contributed by atoms with van der Waals surface area (Å²) in [5.74, 6) is 1.01. The SMILES string of the molecule is COC(=O)C(C)CS(=O)CC1Cc2cc(C)ccc2O1. The molecule has 1 aliphatic rings. The number of ether oxygens (including phenoxy) is 2. The first-order valence-corrected chi connectivity index (χ1v) is 8.17. The van der Waals surface area contributed by atoms with E-state index in [0.29, 0.717) is 11.5 Å². The van der Waals surface area contributed by atoms with Gasteiger partial charge in [-0.1, -0.05) is 24.6 Å². The molecule has 1 aromatic carbocycles. The van der Waals surface area contributed by atoms with E-state index >= 15 is 0 Å². The molecule has 0 amide bonds. The smallest absolute Gasteiger partial charge is 0.309 e. The minimum atomic E-state index is -1.08. The molecule has 1 aromatic rings. The van der Waals surface area contributed by atoms with Crippen LogP contribution in [0.3, 0.4) is 0 Å². The Kier molecular flexibility index (Phi) is 4.81. The van der Waals surface area contributed by atoms with E-state index in [4.69, 9.17) is 4.74 Å². The second kappa shape index (κ2) is 6.39. The summed E-state index contributed by atoms with van der Waals surface area (Å²) in [6.45, 7) is 3.78. The van der Waals surface area contributed by atoms with Crippen molar-refractivity contribution < 1.29 is 18.5 Å². The van der Waals surface area contributed by atoms with Crippen molar-refractivity contribution in [2.75, 3.05) is 18.6 Å². The number of methoxy groups -OCH3 is 1. The Morgan fingerprint density at radius 1 is 1.55 bits per heavy atom. The Hall–Kier alpha value is -1.36. The van der Waals surface area contributed by atoms with E-state index < -0.39 is 10.8 Å². The highest BCUT2D eigenvalue weighted by atomic mass is 32.2. The van der Waals surface area contributed by atoms with Crippen LogP contribution in [0.25, 0.3) is 0 Å². The molecule has 0 aliphatic carbocycles. The van der Waals surface area contributed by atoms with Crippen LogP contribution in [0.5, 0.6) is 5.75 Å². The predicted octanol–water partition coefficient (Wildman–Crippen LogP) is 1.86. The molecular weight excluding hydrogens is 276 g/mol. The number of rotatable bonds is 5. The van der Waals surface area contributed by atoms with E-state index in [-0.39, 0.29) is 18.0 Å². The summed E-state index contributed by atoms with van der Waals surface area (Å²) >= 11 is 0. The van der Waals surface area contributed by atoms with Gasteiger partial charge in [-0.15, -0.1) is 0 Å². The summed E-state index contributed by atoms with van der Waals surface area (Å²) in [6.07, 6.45) is 0.729. The molecule has 0 fully saturated rings. The standard InChI is InChI=1S/C15H20O4S/c1-10-4-5-14-12(6-10)7-13(19-14)9-20(17)8-11(2)15(16)18-3/h4-6,11,13H,7-9H2,1-3H3. The molecule has 0 saturated heterocycles. The predicted molar refractivity (Wildman–Crippen MR) is 78.4 cm³/mol. The summed E-state index contributed by atoms with van der Waals surface area (Å²) in [5, 5.41) is 0. The van der Waals surface area contributed by atoms with Crippen LogP contribution >= 0.6 is 0 Å². The van der Waals surface area contributed by atoms with E-state index in [1.54, 1.807) is 6.92 Å². The van der Waals surface area contributed by atoms with E-state index in [0.717, 1.165) is 12.2 Å². The molecule has 2 rings (SSSR count). The van der Waals surface area contributed by atoms with Gasteiger partial charge in [0, 0.05) is 23.0 Å². The van der Waals surface area contributed by atoms with Crippen molar-refractivity contribution in [1.82, 2.24) is 0 Å². The second-order valence-corrected chi connectivity index (χ2v) is 6.80. The van der Waals surface area contributed by atoms with Gasteiger partial charge >= 0.3 is 5.97 Å². The Balaban J connectivity index is 1.87. The Bertz CT molecular complexity index is 527. The van der Waals surface area contributed by atoms with E-state index in [9.17, 15) is 9.00 Å². The number of carbonyl (C=O) groups excluding carboxylic acids is 1. The number of benzene rings is 1. The Morgan fingerprint density at radius 2 is 2.30 bits per heavy atom. The lowest BCUT2D eigenvalue weighted by molar-refractivity contribution is -0.144. The molecule has 0 bridgehead atoms. The number of fused-ring (bicyclic) bond motifs is 1. The summed E-state index contributed by atoms with van der Waals surface area (Å²) in [5.41, 5.74) is 2.38. The molecule has 0 spiro atoms. The normalized spacial score (nSPS) is 19.9. The molecule has 110 valence electrons. The first-order chi connectivity index (χ1) is 9.49. The van der Waals surface area contributed by atoms with Gasteiger partial charge in [0.2, 0.25) is 0 Å². The average molecular weight is 296 g/mol. The van der Waals surface area contributed by atoms with E-state index in [2.05, 4.69) is 10.8 Å². The maximum Gasteiger partial charge on any atom is 0.309 e. The summed E-state index contributed by atoms with van der Waals surface area (Å²) in [6, 6.07) is 6.08. The molecule has 0 radical (unpaired) electrons. The topological polar surface area (TPSA) is 52.6 Å².